The molecule has 112 valence electrons. The van der Waals surface area contributed by atoms with Crippen molar-refractivity contribution in [2.75, 3.05) is 32.8 Å². The van der Waals surface area contributed by atoms with Crippen molar-refractivity contribution in [3.8, 4) is 5.75 Å². The first kappa shape index (κ1) is 15.7. The highest BCUT2D eigenvalue weighted by Crippen LogP contribution is 2.24. The highest BCUT2D eigenvalue weighted by molar-refractivity contribution is 8.00. The Hall–Kier alpha value is -0.710. The van der Waals surface area contributed by atoms with Gasteiger partial charge in [-0.2, -0.15) is 11.8 Å². The van der Waals surface area contributed by atoms with E-state index < -0.39 is 0 Å². The molecular weight excluding hydrogens is 268 g/mol. The lowest BCUT2D eigenvalue weighted by molar-refractivity contribution is 0.207. The number of benzene rings is 1. The maximum Gasteiger partial charge on any atom is 0.119 e. The number of hydrogen-bond acceptors (Lipinski definition) is 4. The number of nitrogens with zero attached hydrogens (tertiary/aromatic N) is 1. The zero-order valence-corrected chi connectivity index (χ0v) is 13.4. The van der Waals surface area contributed by atoms with E-state index >= 15 is 0 Å². The van der Waals surface area contributed by atoms with Crippen LogP contribution in [0.2, 0.25) is 0 Å². The van der Waals surface area contributed by atoms with Gasteiger partial charge < -0.3 is 10.5 Å². The van der Waals surface area contributed by atoms with Crippen LogP contribution in [0.25, 0.3) is 0 Å². The van der Waals surface area contributed by atoms with Crippen LogP contribution in [0.15, 0.2) is 24.3 Å². The molecule has 1 saturated heterocycles. The summed E-state index contributed by atoms with van der Waals surface area (Å²) in [5.74, 6) is 0.957. The van der Waals surface area contributed by atoms with E-state index in [4.69, 9.17) is 10.5 Å². The summed E-state index contributed by atoms with van der Waals surface area (Å²) in [6, 6.07) is 8.29. The summed E-state index contributed by atoms with van der Waals surface area (Å²) in [5.41, 5.74) is 6.82. The summed E-state index contributed by atoms with van der Waals surface area (Å²) >= 11 is 2.09. The molecule has 0 saturated carbocycles. The number of ether oxygens (including phenoxy) is 1. The Morgan fingerprint density at radius 2 is 1.85 bits per heavy atom. The van der Waals surface area contributed by atoms with E-state index in [0.717, 1.165) is 35.8 Å². The van der Waals surface area contributed by atoms with Crippen LogP contribution in [0.1, 0.15) is 19.4 Å². The Bertz CT molecular complexity index is 386. The molecule has 20 heavy (non-hydrogen) atoms. The molecule has 0 aromatic heterocycles. The van der Waals surface area contributed by atoms with Crippen molar-refractivity contribution in [3.63, 3.8) is 0 Å². The van der Waals surface area contributed by atoms with E-state index in [-0.39, 0.29) is 0 Å². The largest absolute Gasteiger partial charge is 0.492 e. The van der Waals surface area contributed by atoms with Crippen molar-refractivity contribution in [1.29, 1.82) is 0 Å². The lowest BCUT2D eigenvalue weighted by Gasteiger charge is -2.34. The minimum Gasteiger partial charge on any atom is -0.492 e. The number of rotatable bonds is 6. The molecule has 2 atom stereocenters. The van der Waals surface area contributed by atoms with Crippen LogP contribution in [0.5, 0.6) is 5.75 Å². The summed E-state index contributed by atoms with van der Waals surface area (Å²) in [4.78, 5) is 2.51. The van der Waals surface area contributed by atoms with Crippen molar-refractivity contribution >= 4 is 11.8 Å². The second kappa shape index (κ2) is 7.91. The zero-order chi connectivity index (χ0) is 14.4. The molecule has 0 radical (unpaired) electrons. The number of nitrogens with two attached hydrogens (primary N) is 1. The lowest BCUT2D eigenvalue weighted by atomic mass is 10.1. The second-order valence-corrected chi connectivity index (χ2v) is 7.43. The number of hydrogen-bond donors (Lipinski definition) is 1. The van der Waals surface area contributed by atoms with Gasteiger partial charge in [0.1, 0.15) is 12.4 Å². The molecule has 1 heterocycles. The predicted molar refractivity (Wildman–Crippen MR) is 87.7 cm³/mol. The van der Waals surface area contributed by atoms with Crippen LogP contribution < -0.4 is 10.5 Å². The van der Waals surface area contributed by atoms with Crippen LogP contribution in [-0.4, -0.2) is 48.2 Å². The van der Waals surface area contributed by atoms with Crippen LogP contribution in [0.4, 0.5) is 0 Å². The fraction of sp³-hybridized carbons (Fsp3) is 0.625. The van der Waals surface area contributed by atoms with Crippen molar-refractivity contribution in [1.82, 2.24) is 4.90 Å². The monoisotopic (exact) mass is 294 g/mol. The molecule has 0 aliphatic carbocycles. The molecule has 2 rings (SSSR count). The van der Waals surface area contributed by atoms with E-state index in [1.165, 1.54) is 18.7 Å². The highest BCUT2D eigenvalue weighted by atomic mass is 32.2. The van der Waals surface area contributed by atoms with Crippen molar-refractivity contribution in [2.45, 2.75) is 30.8 Å². The van der Waals surface area contributed by atoms with Gasteiger partial charge in [0, 0.05) is 30.1 Å². The predicted octanol–water partition coefficient (Wildman–Crippen LogP) is 2.39. The SMILES string of the molecule is CC1CN(CCOc2ccc(CCN)cc2)CC(C)S1. The van der Waals surface area contributed by atoms with Gasteiger partial charge in [-0.15, -0.1) is 0 Å². The Morgan fingerprint density at radius 1 is 1.20 bits per heavy atom. The second-order valence-electron chi connectivity index (χ2n) is 5.55. The highest BCUT2D eigenvalue weighted by Gasteiger charge is 2.21. The maximum absolute atomic E-state index is 5.83. The summed E-state index contributed by atoms with van der Waals surface area (Å²) < 4.78 is 5.83. The first-order valence-corrected chi connectivity index (χ1v) is 8.41. The third-order valence-electron chi connectivity index (χ3n) is 3.53. The molecule has 0 bridgehead atoms. The van der Waals surface area contributed by atoms with Crippen LogP contribution in [-0.2, 0) is 6.42 Å². The summed E-state index contributed by atoms with van der Waals surface area (Å²) in [5, 5.41) is 1.46. The molecule has 1 fully saturated rings. The van der Waals surface area contributed by atoms with E-state index in [0.29, 0.717) is 6.54 Å². The fourth-order valence-corrected chi connectivity index (χ4v) is 4.07. The molecule has 2 N–H and O–H groups in total. The van der Waals surface area contributed by atoms with E-state index in [1.807, 2.05) is 12.1 Å². The Kier molecular flexibility index (Phi) is 6.20. The summed E-state index contributed by atoms with van der Waals surface area (Å²) in [6.07, 6.45) is 0.932. The van der Waals surface area contributed by atoms with Gasteiger partial charge in [-0.25, -0.2) is 0 Å². The summed E-state index contributed by atoms with van der Waals surface area (Å²) in [6.45, 7) is 9.44. The Labute approximate surface area is 126 Å². The van der Waals surface area contributed by atoms with Gasteiger partial charge in [-0.05, 0) is 30.7 Å². The average molecular weight is 294 g/mol. The fourth-order valence-electron chi connectivity index (χ4n) is 2.68. The van der Waals surface area contributed by atoms with Gasteiger partial charge in [0.05, 0.1) is 0 Å². The normalized spacial score (nSPS) is 23.8. The molecule has 3 nitrogen and oxygen atoms in total. The van der Waals surface area contributed by atoms with E-state index in [2.05, 4.69) is 42.6 Å². The molecule has 1 aromatic carbocycles. The third-order valence-corrected chi connectivity index (χ3v) is 4.76. The van der Waals surface area contributed by atoms with Crippen molar-refractivity contribution in [3.05, 3.63) is 29.8 Å². The molecular formula is C16H26N2OS. The topological polar surface area (TPSA) is 38.5 Å². The smallest absolute Gasteiger partial charge is 0.119 e. The third kappa shape index (κ3) is 5.00. The van der Waals surface area contributed by atoms with E-state index in [9.17, 15) is 0 Å². The van der Waals surface area contributed by atoms with Gasteiger partial charge in [0.25, 0.3) is 0 Å². The zero-order valence-electron chi connectivity index (χ0n) is 12.5. The summed E-state index contributed by atoms with van der Waals surface area (Å²) in [7, 11) is 0. The minimum atomic E-state index is 0.698. The molecule has 0 spiro atoms. The first-order chi connectivity index (χ1) is 9.67. The van der Waals surface area contributed by atoms with Gasteiger partial charge in [0.2, 0.25) is 0 Å². The van der Waals surface area contributed by atoms with Gasteiger partial charge in [-0.1, -0.05) is 26.0 Å². The quantitative estimate of drug-likeness (QED) is 0.874. The maximum atomic E-state index is 5.83. The van der Waals surface area contributed by atoms with Gasteiger partial charge in [-0.3, -0.25) is 4.90 Å². The molecule has 1 aliphatic heterocycles. The Morgan fingerprint density at radius 3 is 2.45 bits per heavy atom. The molecule has 0 amide bonds. The molecule has 4 heteroatoms. The standard InChI is InChI=1S/C16H26N2OS/c1-13-11-18(12-14(2)20-13)9-10-19-16-5-3-15(4-6-16)7-8-17/h3-6,13-14H,7-12,17H2,1-2H3. The van der Waals surface area contributed by atoms with Crippen LogP contribution >= 0.6 is 11.8 Å². The van der Waals surface area contributed by atoms with Crippen LogP contribution in [0, 0.1) is 0 Å². The molecule has 1 aromatic rings. The average Bonchev–Trinajstić information content (AvgIpc) is 2.40. The van der Waals surface area contributed by atoms with Crippen molar-refractivity contribution < 1.29 is 4.74 Å². The minimum absolute atomic E-state index is 0.698. The van der Waals surface area contributed by atoms with Gasteiger partial charge in [0.15, 0.2) is 0 Å². The molecule has 2 unspecified atom stereocenters. The van der Waals surface area contributed by atoms with Crippen molar-refractivity contribution in [2.24, 2.45) is 5.73 Å². The van der Waals surface area contributed by atoms with E-state index in [1.54, 1.807) is 0 Å². The molecule has 1 aliphatic rings. The number of thioether (sulfide) groups is 1. The Balaban J connectivity index is 1.72. The van der Waals surface area contributed by atoms with Crippen LogP contribution in [0.3, 0.4) is 0 Å². The van der Waals surface area contributed by atoms with Gasteiger partial charge >= 0.3 is 0 Å². The lowest BCUT2D eigenvalue weighted by Crippen LogP contribution is -2.42. The first-order valence-electron chi connectivity index (χ1n) is 7.47.